The lowest BCUT2D eigenvalue weighted by molar-refractivity contribution is -0.116. The number of thioether (sulfide) groups is 1. The fraction of sp³-hybridized carbons (Fsp3) is 0.0513. The van der Waals surface area contributed by atoms with Gasteiger partial charge in [0.2, 0.25) is 5.91 Å². The second-order valence-electron chi connectivity index (χ2n) is 10.7. The van der Waals surface area contributed by atoms with E-state index in [1.165, 1.54) is 11.8 Å². The Balaban J connectivity index is 1.26. The Morgan fingerprint density at radius 2 is 1.48 bits per heavy atom. The maximum Gasteiger partial charge on any atom is 0.272 e. The number of fused-ring (bicyclic) bond motifs is 1. The molecule has 0 aliphatic carbocycles. The first-order chi connectivity index (χ1) is 23.5. The maximum atomic E-state index is 13.8. The molecule has 9 heteroatoms. The number of amides is 3. The fourth-order valence-electron chi connectivity index (χ4n) is 5.14. The van der Waals surface area contributed by atoms with E-state index < -0.39 is 17.1 Å². The predicted molar refractivity (Wildman–Crippen MR) is 192 cm³/mol. The van der Waals surface area contributed by atoms with Crippen LogP contribution in [-0.2, 0) is 9.59 Å². The van der Waals surface area contributed by atoms with Gasteiger partial charge in [0, 0.05) is 38.8 Å². The van der Waals surface area contributed by atoms with E-state index >= 15 is 0 Å². The van der Waals surface area contributed by atoms with Crippen LogP contribution >= 0.6 is 11.8 Å². The average molecular weight is 653 g/mol. The fourth-order valence-corrected chi connectivity index (χ4v) is 6.22. The number of ether oxygens (including phenoxy) is 1. The van der Waals surface area contributed by atoms with Crippen LogP contribution in [0.3, 0.4) is 0 Å². The van der Waals surface area contributed by atoms with Crippen LogP contribution in [0.15, 0.2) is 150 Å². The summed E-state index contributed by atoms with van der Waals surface area (Å²) in [5, 5.41) is 9.04. The van der Waals surface area contributed by atoms with Gasteiger partial charge < -0.3 is 25.7 Å². The molecule has 0 saturated heterocycles. The molecule has 0 saturated carbocycles. The third-order valence-corrected chi connectivity index (χ3v) is 8.75. The molecule has 0 aliphatic heterocycles. The zero-order valence-corrected chi connectivity index (χ0v) is 26.8. The zero-order valence-electron chi connectivity index (χ0n) is 26.0. The minimum atomic E-state index is -0.607. The molecule has 238 valence electrons. The molecular formula is C39H32N4O4S. The first-order valence-electron chi connectivity index (χ1n) is 15.2. The number of nitrogens with one attached hydrogen (secondary N) is 4. The highest BCUT2D eigenvalue weighted by Crippen LogP contribution is 2.38. The number of hydrogen-bond acceptors (Lipinski definition) is 5. The molecule has 0 fully saturated rings. The lowest BCUT2D eigenvalue weighted by Gasteiger charge is -2.19. The molecule has 1 heterocycles. The predicted octanol–water partition coefficient (Wildman–Crippen LogP) is 8.06. The lowest BCUT2D eigenvalue weighted by Crippen LogP contribution is -2.30. The van der Waals surface area contributed by atoms with Gasteiger partial charge in [0.15, 0.2) is 0 Å². The number of aromatic nitrogens is 1. The number of methoxy groups -OCH3 is 1. The van der Waals surface area contributed by atoms with Crippen LogP contribution in [0.1, 0.15) is 26.7 Å². The first kappa shape index (κ1) is 31.9. The van der Waals surface area contributed by atoms with E-state index in [1.807, 2.05) is 84.9 Å². The lowest BCUT2D eigenvalue weighted by atomic mass is 10.1. The number of carbonyl (C=O) groups excluding carboxylic acids is 3. The summed E-state index contributed by atoms with van der Waals surface area (Å²) < 4.78 is 5.43. The number of hydrogen-bond donors (Lipinski definition) is 4. The van der Waals surface area contributed by atoms with Crippen LogP contribution < -0.4 is 20.7 Å². The molecule has 0 aliphatic rings. The number of carbonyl (C=O) groups is 3. The Morgan fingerprint density at radius 3 is 2.27 bits per heavy atom. The highest BCUT2D eigenvalue weighted by atomic mass is 32.2. The molecular weight excluding hydrogens is 621 g/mol. The number of para-hydroxylation sites is 3. The summed E-state index contributed by atoms with van der Waals surface area (Å²) in [6, 6.07) is 40.4. The molecule has 6 rings (SSSR count). The van der Waals surface area contributed by atoms with Gasteiger partial charge in [0.25, 0.3) is 11.8 Å². The monoisotopic (exact) mass is 652 g/mol. The van der Waals surface area contributed by atoms with E-state index in [9.17, 15) is 14.4 Å². The van der Waals surface area contributed by atoms with Crippen molar-refractivity contribution in [3.05, 3.63) is 162 Å². The SMILES string of the molecule is COc1ccccc1NC(=O)C(Sc1cccc(NC(=O)/C(=C/c2c[nH]c3ccccc23)NC(=O)c2ccccc2)c1)c1ccccc1. The van der Waals surface area contributed by atoms with Crippen LogP contribution in [0.4, 0.5) is 11.4 Å². The Labute approximate surface area is 282 Å². The summed E-state index contributed by atoms with van der Waals surface area (Å²) in [5.41, 5.74) is 4.04. The normalized spacial score (nSPS) is 11.8. The van der Waals surface area contributed by atoms with E-state index in [4.69, 9.17) is 4.74 Å². The largest absolute Gasteiger partial charge is 0.495 e. The summed E-state index contributed by atoms with van der Waals surface area (Å²) in [5.74, 6) is -0.575. The summed E-state index contributed by atoms with van der Waals surface area (Å²) in [7, 11) is 1.56. The van der Waals surface area contributed by atoms with E-state index in [0.29, 0.717) is 22.7 Å². The molecule has 1 unspecified atom stereocenters. The molecule has 1 aromatic heterocycles. The minimum Gasteiger partial charge on any atom is -0.495 e. The number of aromatic amines is 1. The first-order valence-corrected chi connectivity index (χ1v) is 16.1. The summed E-state index contributed by atoms with van der Waals surface area (Å²) >= 11 is 1.35. The highest BCUT2D eigenvalue weighted by molar-refractivity contribution is 8.00. The van der Waals surface area contributed by atoms with Gasteiger partial charge in [-0.2, -0.15) is 0 Å². The van der Waals surface area contributed by atoms with Crippen molar-refractivity contribution in [3.8, 4) is 5.75 Å². The van der Waals surface area contributed by atoms with E-state index in [2.05, 4.69) is 20.9 Å². The molecule has 3 amide bonds. The maximum absolute atomic E-state index is 13.8. The van der Waals surface area contributed by atoms with Crippen LogP contribution in [0.5, 0.6) is 5.75 Å². The van der Waals surface area contributed by atoms with Crippen molar-refractivity contribution in [2.75, 3.05) is 17.7 Å². The Bertz CT molecular complexity index is 2090. The van der Waals surface area contributed by atoms with E-state index in [0.717, 1.165) is 26.9 Å². The zero-order chi connectivity index (χ0) is 33.3. The van der Waals surface area contributed by atoms with E-state index in [1.54, 1.807) is 67.9 Å². The van der Waals surface area contributed by atoms with Crippen LogP contribution in [0, 0.1) is 0 Å². The third-order valence-electron chi connectivity index (χ3n) is 7.50. The van der Waals surface area contributed by atoms with Crippen molar-refractivity contribution in [2.24, 2.45) is 0 Å². The van der Waals surface area contributed by atoms with Gasteiger partial charge in [-0.3, -0.25) is 14.4 Å². The van der Waals surface area contributed by atoms with Crippen molar-refractivity contribution < 1.29 is 19.1 Å². The molecule has 0 bridgehead atoms. The van der Waals surface area contributed by atoms with E-state index in [-0.39, 0.29) is 11.6 Å². The van der Waals surface area contributed by atoms with Crippen molar-refractivity contribution in [1.29, 1.82) is 0 Å². The second-order valence-corrected chi connectivity index (χ2v) is 11.9. The van der Waals surface area contributed by atoms with Gasteiger partial charge in [0.1, 0.15) is 16.7 Å². The van der Waals surface area contributed by atoms with Crippen LogP contribution in [0.2, 0.25) is 0 Å². The third kappa shape index (κ3) is 7.66. The molecule has 48 heavy (non-hydrogen) atoms. The molecule has 6 aromatic rings. The number of H-pyrrole nitrogens is 1. The minimum absolute atomic E-state index is 0.0741. The second kappa shape index (κ2) is 15.0. The topological polar surface area (TPSA) is 112 Å². The van der Waals surface area contributed by atoms with Crippen molar-refractivity contribution >= 4 is 57.8 Å². The molecule has 4 N–H and O–H groups in total. The Hall–Kier alpha value is -6.06. The van der Waals surface area contributed by atoms with Gasteiger partial charge >= 0.3 is 0 Å². The standard InChI is InChI=1S/C39H32N4O4S/c1-47-35-22-11-10-21-33(35)42-39(46)36(26-13-4-2-5-14-26)48-30-18-12-17-29(24-30)41-38(45)34(43-37(44)27-15-6-3-7-16-27)23-28-25-40-32-20-9-8-19-31(28)32/h2-25,36,40H,1H3,(H,41,45)(H,42,46)(H,43,44)/b34-23-. The molecule has 0 radical (unpaired) electrons. The molecule has 1 atom stereocenters. The van der Waals surface area contributed by atoms with Gasteiger partial charge in [-0.25, -0.2) is 0 Å². The number of anilines is 2. The van der Waals surface area contributed by atoms with Gasteiger partial charge in [-0.05, 0) is 60.2 Å². The van der Waals surface area contributed by atoms with Gasteiger partial charge in [-0.1, -0.05) is 84.9 Å². The van der Waals surface area contributed by atoms with Gasteiger partial charge in [0.05, 0.1) is 12.8 Å². The smallest absolute Gasteiger partial charge is 0.272 e. The van der Waals surface area contributed by atoms with Crippen LogP contribution in [-0.4, -0.2) is 29.8 Å². The molecule has 0 spiro atoms. The quantitative estimate of drug-likeness (QED) is 0.0836. The van der Waals surface area contributed by atoms with Crippen LogP contribution in [0.25, 0.3) is 17.0 Å². The van der Waals surface area contributed by atoms with Crippen molar-refractivity contribution in [2.45, 2.75) is 10.1 Å². The Kier molecular flexibility index (Phi) is 9.98. The van der Waals surface area contributed by atoms with Crippen molar-refractivity contribution in [1.82, 2.24) is 10.3 Å². The molecule has 5 aromatic carbocycles. The number of benzene rings is 5. The number of rotatable bonds is 11. The average Bonchev–Trinajstić information content (AvgIpc) is 3.54. The van der Waals surface area contributed by atoms with Crippen molar-refractivity contribution in [3.63, 3.8) is 0 Å². The Morgan fingerprint density at radius 1 is 0.771 bits per heavy atom. The summed E-state index contributed by atoms with van der Waals surface area (Å²) in [4.78, 5) is 44.6. The van der Waals surface area contributed by atoms with Gasteiger partial charge in [-0.15, -0.1) is 11.8 Å². The molecule has 8 nitrogen and oxygen atoms in total. The highest BCUT2D eigenvalue weighted by Gasteiger charge is 2.24. The summed E-state index contributed by atoms with van der Waals surface area (Å²) in [6.07, 6.45) is 3.45. The summed E-state index contributed by atoms with van der Waals surface area (Å²) in [6.45, 7) is 0.